The largest absolute Gasteiger partial charge is 0.350 e. The molecular formula is C9H18N4S. The topological polar surface area (TPSA) is 55.0 Å². The van der Waals surface area contributed by atoms with Crippen molar-refractivity contribution in [3.05, 3.63) is 5.82 Å². The van der Waals surface area contributed by atoms with E-state index in [9.17, 15) is 0 Å². The van der Waals surface area contributed by atoms with Crippen LogP contribution in [0.15, 0.2) is 0 Å². The molecular weight excluding hydrogens is 196 g/mol. The number of hydrogen-bond acceptors (Lipinski definition) is 5. The van der Waals surface area contributed by atoms with E-state index >= 15 is 0 Å². The average Bonchev–Trinajstić information content (AvgIpc) is 2.65. The monoisotopic (exact) mass is 214 g/mol. The Morgan fingerprint density at radius 3 is 2.79 bits per heavy atom. The fourth-order valence-corrected chi connectivity index (χ4v) is 1.88. The zero-order valence-corrected chi connectivity index (χ0v) is 9.84. The molecule has 0 saturated carbocycles. The van der Waals surface area contributed by atoms with E-state index in [1.807, 2.05) is 7.05 Å². The van der Waals surface area contributed by atoms with Crippen LogP contribution < -0.4 is 10.6 Å². The van der Waals surface area contributed by atoms with Crippen LogP contribution in [0.4, 0.5) is 5.13 Å². The van der Waals surface area contributed by atoms with Gasteiger partial charge in [-0.2, -0.15) is 4.37 Å². The van der Waals surface area contributed by atoms with Gasteiger partial charge in [-0.1, -0.05) is 13.8 Å². The second kappa shape index (κ2) is 5.26. The fraction of sp³-hybridized carbons (Fsp3) is 0.778. The third kappa shape index (κ3) is 2.92. The van der Waals surface area contributed by atoms with Crippen molar-refractivity contribution in [1.82, 2.24) is 9.36 Å². The van der Waals surface area contributed by atoms with Gasteiger partial charge in [0.2, 0.25) is 5.13 Å². The normalized spacial score (nSPS) is 12.9. The molecule has 0 aromatic carbocycles. The molecule has 1 aromatic rings. The Labute approximate surface area is 89.3 Å². The maximum atomic E-state index is 5.57. The van der Waals surface area contributed by atoms with Gasteiger partial charge in [-0.3, -0.25) is 0 Å². The number of hydrogen-bond donors (Lipinski definition) is 1. The average molecular weight is 214 g/mol. The SMILES string of the molecule is CCc1nsc(N(C)CC(C)CN)n1. The maximum Gasteiger partial charge on any atom is 0.204 e. The number of rotatable bonds is 5. The van der Waals surface area contributed by atoms with Crippen LogP contribution >= 0.6 is 11.5 Å². The first kappa shape index (κ1) is 11.4. The Balaban J connectivity index is 2.55. The molecule has 0 bridgehead atoms. The predicted octanol–water partition coefficient (Wildman–Crippen LogP) is 1.13. The highest BCUT2D eigenvalue weighted by Crippen LogP contribution is 2.16. The molecule has 0 aliphatic carbocycles. The van der Waals surface area contributed by atoms with Gasteiger partial charge in [-0.25, -0.2) is 4.98 Å². The third-order valence-electron chi connectivity index (χ3n) is 2.09. The number of anilines is 1. The van der Waals surface area contributed by atoms with Gasteiger partial charge in [0.15, 0.2) is 0 Å². The second-order valence-electron chi connectivity index (χ2n) is 3.57. The van der Waals surface area contributed by atoms with Gasteiger partial charge in [-0.05, 0) is 12.5 Å². The summed E-state index contributed by atoms with van der Waals surface area (Å²) in [5.74, 6) is 1.42. The zero-order valence-electron chi connectivity index (χ0n) is 9.03. The Morgan fingerprint density at radius 2 is 2.29 bits per heavy atom. The van der Waals surface area contributed by atoms with Gasteiger partial charge in [0.1, 0.15) is 5.82 Å². The molecule has 1 aromatic heterocycles. The second-order valence-corrected chi connectivity index (χ2v) is 4.30. The first-order chi connectivity index (χ1) is 6.67. The Kier molecular flexibility index (Phi) is 4.28. The first-order valence-electron chi connectivity index (χ1n) is 4.91. The van der Waals surface area contributed by atoms with Crippen LogP contribution in [0.2, 0.25) is 0 Å². The summed E-state index contributed by atoms with van der Waals surface area (Å²) < 4.78 is 4.25. The van der Waals surface area contributed by atoms with E-state index in [0.29, 0.717) is 12.5 Å². The summed E-state index contributed by atoms with van der Waals surface area (Å²) >= 11 is 1.46. The number of nitrogens with two attached hydrogens (primary N) is 1. The zero-order chi connectivity index (χ0) is 10.6. The number of aromatic nitrogens is 2. The molecule has 4 nitrogen and oxygen atoms in total. The molecule has 0 radical (unpaired) electrons. The summed E-state index contributed by atoms with van der Waals surface area (Å²) in [4.78, 5) is 6.53. The Morgan fingerprint density at radius 1 is 1.57 bits per heavy atom. The van der Waals surface area contributed by atoms with E-state index in [0.717, 1.165) is 23.9 Å². The highest BCUT2D eigenvalue weighted by molar-refractivity contribution is 7.09. The molecule has 2 N–H and O–H groups in total. The van der Waals surface area contributed by atoms with Gasteiger partial charge in [0.05, 0.1) is 0 Å². The lowest BCUT2D eigenvalue weighted by atomic mass is 10.2. The van der Waals surface area contributed by atoms with Gasteiger partial charge in [0, 0.05) is 31.5 Å². The molecule has 1 atom stereocenters. The smallest absolute Gasteiger partial charge is 0.204 e. The van der Waals surface area contributed by atoms with Crippen molar-refractivity contribution in [2.75, 3.05) is 25.0 Å². The van der Waals surface area contributed by atoms with E-state index in [4.69, 9.17) is 5.73 Å². The minimum atomic E-state index is 0.494. The van der Waals surface area contributed by atoms with Crippen LogP contribution in [0.25, 0.3) is 0 Å². The van der Waals surface area contributed by atoms with E-state index in [1.165, 1.54) is 11.5 Å². The van der Waals surface area contributed by atoms with E-state index in [2.05, 4.69) is 28.1 Å². The summed E-state index contributed by atoms with van der Waals surface area (Å²) in [5, 5.41) is 0.988. The van der Waals surface area contributed by atoms with Crippen molar-refractivity contribution in [2.45, 2.75) is 20.3 Å². The Hall–Kier alpha value is -0.680. The van der Waals surface area contributed by atoms with Crippen LogP contribution in [0, 0.1) is 5.92 Å². The lowest BCUT2D eigenvalue weighted by molar-refractivity contribution is 0.589. The van der Waals surface area contributed by atoms with Gasteiger partial charge in [0.25, 0.3) is 0 Å². The Bertz CT molecular complexity index is 274. The maximum absolute atomic E-state index is 5.57. The van der Waals surface area contributed by atoms with E-state index < -0.39 is 0 Å². The van der Waals surface area contributed by atoms with Crippen LogP contribution in [-0.2, 0) is 6.42 Å². The van der Waals surface area contributed by atoms with Crippen LogP contribution in [0.5, 0.6) is 0 Å². The van der Waals surface area contributed by atoms with Crippen LogP contribution in [-0.4, -0.2) is 29.5 Å². The van der Waals surface area contributed by atoms with Gasteiger partial charge in [-0.15, -0.1) is 0 Å². The first-order valence-corrected chi connectivity index (χ1v) is 5.68. The fourth-order valence-electron chi connectivity index (χ4n) is 1.16. The van der Waals surface area contributed by atoms with Crippen molar-refractivity contribution in [3.8, 4) is 0 Å². The van der Waals surface area contributed by atoms with Gasteiger partial charge >= 0.3 is 0 Å². The molecule has 0 fully saturated rings. The molecule has 0 aliphatic heterocycles. The molecule has 0 saturated heterocycles. The molecule has 0 aliphatic rings. The van der Waals surface area contributed by atoms with Gasteiger partial charge < -0.3 is 10.6 Å². The molecule has 1 unspecified atom stereocenters. The van der Waals surface area contributed by atoms with E-state index in [-0.39, 0.29) is 0 Å². The minimum absolute atomic E-state index is 0.494. The van der Waals surface area contributed by atoms with Crippen molar-refractivity contribution < 1.29 is 0 Å². The summed E-state index contributed by atoms with van der Waals surface area (Å²) in [6.07, 6.45) is 0.900. The lowest BCUT2D eigenvalue weighted by Crippen LogP contribution is -2.28. The molecule has 0 amide bonds. The van der Waals surface area contributed by atoms with Crippen molar-refractivity contribution in [3.63, 3.8) is 0 Å². The molecule has 1 rings (SSSR count). The van der Waals surface area contributed by atoms with Crippen molar-refractivity contribution in [2.24, 2.45) is 11.7 Å². The van der Waals surface area contributed by atoms with E-state index in [1.54, 1.807) is 0 Å². The van der Waals surface area contributed by atoms with Crippen molar-refractivity contribution >= 4 is 16.7 Å². The predicted molar refractivity (Wildman–Crippen MR) is 60.8 cm³/mol. The summed E-state index contributed by atoms with van der Waals surface area (Å²) in [6.45, 7) is 5.85. The number of nitrogens with zero attached hydrogens (tertiary/aromatic N) is 3. The number of aryl methyl sites for hydroxylation is 1. The minimum Gasteiger partial charge on any atom is -0.350 e. The molecule has 5 heteroatoms. The summed E-state index contributed by atoms with van der Waals surface area (Å²) in [7, 11) is 2.03. The lowest BCUT2D eigenvalue weighted by Gasteiger charge is -2.18. The molecule has 80 valence electrons. The summed E-state index contributed by atoms with van der Waals surface area (Å²) in [5.41, 5.74) is 5.57. The molecule has 14 heavy (non-hydrogen) atoms. The summed E-state index contributed by atoms with van der Waals surface area (Å²) in [6, 6.07) is 0. The quantitative estimate of drug-likeness (QED) is 0.798. The van der Waals surface area contributed by atoms with Crippen LogP contribution in [0.3, 0.4) is 0 Å². The third-order valence-corrected chi connectivity index (χ3v) is 2.96. The standard InChI is InChI=1S/C9H18N4S/c1-4-8-11-9(14-12-8)13(3)6-7(2)5-10/h7H,4-6,10H2,1-3H3. The highest BCUT2D eigenvalue weighted by Gasteiger charge is 2.10. The molecule has 0 spiro atoms. The van der Waals surface area contributed by atoms with Crippen molar-refractivity contribution in [1.29, 1.82) is 0 Å². The molecule has 1 heterocycles. The highest BCUT2D eigenvalue weighted by atomic mass is 32.1. The van der Waals surface area contributed by atoms with Crippen LogP contribution in [0.1, 0.15) is 19.7 Å².